The summed E-state index contributed by atoms with van der Waals surface area (Å²) in [6, 6.07) is 7.45. The van der Waals surface area contributed by atoms with E-state index in [2.05, 4.69) is 5.10 Å². The van der Waals surface area contributed by atoms with Gasteiger partial charge in [0.05, 0.1) is 24.4 Å². The van der Waals surface area contributed by atoms with Crippen LogP contribution in [0, 0.1) is 0 Å². The van der Waals surface area contributed by atoms with Crippen LogP contribution in [0.5, 0.6) is 11.5 Å². The summed E-state index contributed by atoms with van der Waals surface area (Å²) >= 11 is 5.99. The molecule has 1 aromatic heterocycles. The molecular formula is C16H20ClN3O3. The Morgan fingerprint density at radius 2 is 1.96 bits per heavy atom. The minimum atomic E-state index is -0.198. The predicted octanol–water partition coefficient (Wildman–Crippen LogP) is 2.62. The highest BCUT2D eigenvalue weighted by Crippen LogP contribution is 2.26. The first-order valence-electron chi connectivity index (χ1n) is 7.32. The average Bonchev–Trinajstić information content (AvgIpc) is 2.87. The van der Waals surface area contributed by atoms with Crippen LogP contribution in [-0.2, 0) is 7.05 Å². The molecule has 0 N–H and O–H groups in total. The molecule has 1 amide bonds. The third-order valence-electron chi connectivity index (χ3n) is 3.28. The molecule has 1 heterocycles. The normalized spacial score (nSPS) is 10.4. The van der Waals surface area contributed by atoms with Crippen LogP contribution in [0.25, 0.3) is 0 Å². The summed E-state index contributed by atoms with van der Waals surface area (Å²) in [5, 5.41) is 4.31. The van der Waals surface area contributed by atoms with Crippen LogP contribution in [0.1, 0.15) is 17.4 Å². The summed E-state index contributed by atoms with van der Waals surface area (Å²) in [4.78, 5) is 13.9. The summed E-state index contributed by atoms with van der Waals surface area (Å²) in [6.45, 7) is 3.25. The van der Waals surface area contributed by atoms with Crippen molar-refractivity contribution in [2.75, 3.05) is 26.8 Å². The van der Waals surface area contributed by atoms with Gasteiger partial charge in [-0.05, 0) is 19.1 Å². The van der Waals surface area contributed by atoms with Gasteiger partial charge >= 0.3 is 0 Å². The van der Waals surface area contributed by atoms with E-state index < -0.39 is 0 Å². The number of para-hydroxylation sites is 2. The minimum Gasteiger partial charge on any atom is -0.490 e. The number of carbonyl (C=O) groups is 1. The molecule has 7 heteroatoms. The molecule has 2 rings (SSSR count). The van der Waals surface area contributed by atoms with E-state index in [1.165, 1.54) is 10.9 Å². The summed E-state index contributed by atoms with van der Waals surface area (Å²) in [7, 11) is 3.38. The topological polar surface area (TPSA) is 56.6 Å². The van der Waals surface area contributed by atoms with Crippen LogP contribution in [0.2, 0.25) is 5.02 Å². The van der Waals surface area contributed by atoms with Gasteiger partial charge in [0.2, 0.25) is 0 Å². The van der Waals surface area contributed by atoms with Crippen LogP contribution in [0.4, 0.5) is 0 Å². The molecule has 0 aliphatic rings. The molecular weight excluding hydrogens is 318 g/mol. The van der Waals surface area contributed by atoms with Crippen molar-refractivity contribution in [3.63, 3.8) is 0 Å². The fraction of sp³-hybridized carbons (Fsp3) is 0.375. The number of aryl methyl sites for hydroxylation is 1. The van der Waals surface area contributed by atoms with Crippen LogP contribution in [0.15, 0.2) is 30.5 Å². The SMILES string of the molecule is CCOc1ccccc1OCCN(C)C(=O)c1c(Cl)cnn1C. The lowest BCUT2D eigenvalue weighted by Crippen LogP contribution is -2.32. The molecule has 0 radical (unpaired) electrons. The highest BCUT2D eigenvalue weighted by atomic mass is 35.5. The molecule has 0 atom stereocenters. The Morgan fingerprint density at radius 1 is 1.30 bits per heavy atom. The fourth-order valence-electron chi connectivity index (χ4n) is 2.07. The molecule has 6 nitrogen and oxygen atoms in total. The molecule has 0 aliphatic heterocycles. The third kappa shape index (κ3) is 4.16. The zero-order chi connectivity index (χ0) is 16.8. The number of ether oxygens (including phenoxy) is 2. The van der Waals surface area contributed by atoms with Gasteiger partial charge < -0.3 is 14.4 Å². The van der Waals surface area contributed by atoms with E-state index >= 15 is 0 Å². The second kappa shape index (κ2) is 7.87. The largest absolute Gasteiger partial charge is 0.490 e. The smallest absolute Gasteiger partial charge is 0.273 e. The zero-order valence-corrected chi connectivity index (χ0v) is 14.2. The maximum Gasteiger partial charge on any atom is 0.273 e. The lowest BCUT2D eigenvalue weighted by atomic mass is 10.3. The molecule has 0 bridgehead atoms. The third-order valence-corrected chi connectivity index (χ3v) is 3.55. The molecule has 1 aromatic carbocycles. The van der Waals surface area contributed by atoms with Gasteiger partial charge in [-0.2, -0.15) is 5.10 Å². The zero-order valence-electron chi connectivity index (χ0n) is 13.5. The molecule has 23 heavy (non-hydrogen) atoms. The highest BCUT2D eigenvalue weighted by molar-refractivity contribution is 6.33. The first-order valence-corrected chi connectivity index (χ1v) is 7.70. The van der Waals surface area contributed by atoms with E-state index in [-0.39, 0.29) is 5.91 Å². The maximum atomic E-state index is 12.4. The number of nitrogens with zero attached hydrogens (tertiary/aromatic N) is 3. The highest BCUT2D eigenvalue weighted by Gasteiger charge is 2.19. The van der Waals surface area contributed by atoms with Crippen molar-refractivity contribution in [1.29, 1.82) is 0 Å². The van der Waals surface area contributed by atoms with Crippen molar-refractivity contribution in [2.45, 2.75) is 6.92 Å². The Labute approximate surface area is 140 Å². The van der Waals surface area contributed by atoms with Crippen molar-refractivity contribution in [3.8, 4) is 11.5 Å². The molecule has 0 saturated heterocycles. The number of likely N-dealkylation sites (N-methyl/N-ethyl adjacent to an activating group) is 1. The Kier molecular flexibility index (Phi) is 5.87. The molecule has 0 aliphatic carbocycles. The Balaban J connectivity index is 1.93. The van der Waals surface area contributed by atoms with Crippen molar-refractivity contribution in [2.24, 2.45) is 7.05 Å². The first kappa shape index (κ1) is 17.1. The second-order valence-electron chi connectivity index (χ2n) is 4.92. The van der Waals surface area contributed by atoms with E-state index in [0.29, 0.717) is 42.0 Å². The van der Waals surface area contributed by atoms with Crippen molar-refractivity contribution < 1.29 is 14.3 Å². The van der Waals surface area contributed by atoms with E-state index in [4.69, 9.17) is 21.1 Å². The van der Waals surface area contributed by atoms with Crippen molar-refractivity contribution in [1.82, 2.24) is 14.7 Å². The quantitative estimate of drug-likeness (QED) is 0.779. The van der Waals surface area contributed by atoms with Crippen LogP contribution in [0.3, 0.4) is 0 Å². The van der Waals surface area contributed by atoms with Crippen molar-refractivity contribution in [3.05, 3.63) is 41.2 Å². The fourth-order valence-corrected chi connectivity index (χ4v) is 2.32. The van der Waals surface area contributed by atoms with E-state index in [1.807, 2.05) is 31.2 Å². The van der Waals surface area contributed by atoms with Gasteiger partial charge in [0.15, 0.2) is 11.5 Å². The summed E-state index contributed by atoms with van der Waals surface area (Å²) < 4.78 is 12.7. The van der Waals surface area contributed by atoms with Gasteiger partial charge in [-0.25, -0.2) is 0 Å². The summed E-state index contributed by atoms with van der Waals surface area (Å²) in [5.74, 6) is 1.16. The van der Waals surface area contributed by atoms with Gasteiger partial charge in [-0.3, -0.25) is 9.48 Å². The molecule has 0 fully saturated rings. The second-order valence-corrected chi connectivity index (χ2v) is 5.33. The standard InChI is InChI=1S/C16H20ClN3O3/c1-4-22-13-7-5-6-8-14(13)23-10-9-19(2)16(21)15-12(17)11-18-20(15)3/h5-8,11H,4,9-10H2,1-3H3. The summed E-state index contributed by atoms with van der Waals surface area (Å²) in [6.07, 6.45) is 1.46. The number of aromatic nitrogens is 2. The average molecular weight is 338 g/mol. The number of halogens is 1. The molecule has 2 aromatic rings. The van der Waals surface area contributed by atoms with Crippen LogP contribution in [-0.4, -0.2) is 47.4 Å². The van der Waals surface area contributed by atoms with Gasteiger partial charge in [0.25, 0.3) is 5.91 Å². The Bertz CT molecular complexity index is 653. The molecule has 0 saturated carbocycles. The van der Waals surface area contributed by atoms with Gasteiger partial charge in [0, 0.05) is 14.1 Å². The molecule has 0 unspecified atom stereocenters. The number of hydrogen-bond donors (Lipinski definition) is 0. The number of hydrogen-bond acceptors (Lipinski definition) is 4. The van der Waals surface area contributed by atoms with Gasteiger partial charge in [-0.1, -0.05) is 23.7 Å². The van der Waals surface area contributed by atoms with Crippen LogP contribution < -0.4 is 9.47 Å². The first-order chi connectivity index (χ1) is 11.0. The summed E-state index contributed by atoms with van der Waals surface area (Å²) in [5.41, 5.74) is 0.365. The maximum absolute atomic E-state index is 12.4. The minimum absolute atomic E-state index is 0.198. The Hall–Kier alpha value is -2.21. The lowest BCUT2D eigenvalue weighted by Gasteiger charge is -2.18. The number of carbonyl (C=O) groups excluding carboxylic acids is 1. The van der Waals surface area contributed by atoms with Crippen molar-refractivity contribution >= 4 is 17.5 Å². The predicted molar refractivity (Wildman–Crippen MR) is 88.3 cm³/mol. The molecule has 124 valence electrons. The monoisotopic (exact) mass is 337 g/mol. The van der Waals surface area contributed by atoms with Gasteiger partial charge in [-0.15, -0.1) is 0 Å². The molecule has 0 spiro atoms. The number of amides is 1. The Morgan fingerprint density at radius 3 is 2.52 bits per heavy atom. The van der Waals surface area contributed by atoms with E-state index in [1.54, 1.807) is 19.0 Å². The number of rotatable bonds is 7. The van der Waals surface area contributed by atoms with E-state index in [0.717, 1.165) is 0 Å². The van der Waals surface area contributed by atoms with Gasteiger partial charge in [0.1, 0.15) is 12.3 Å². The number of benzene rings is 1. The van der Waals surface area contributed by atoms with E-state index in [9.17, 15) is 4.79 Å². The van der Waals surface area contributed by atoms with Crippen LogP contribution >= 0.6 is 11.6 Å². The lowest BCUT2D eigenvalue weighted by molar-refractivity contribution is 0.0762.